The van der Waals surface area contributed by atoms with Gasteiger partial charge in [-0.25, -0.2) is 4.98 Å². The van der Waals surface area contributed by atoms with Crippen molar-refractivity contribution in [3.63, 3.8) is 0 Å². The smallest absolute Gasteiger partial charge is 0.264 e. The molecular weight excluding hydrogens is 418 g/mol. The Labute approximate surface area is 191 Å². The van der Waals surface area contributed by atoms with Gasteiger partial charge < -0.3 is 5.32 Å². The largest absolute Gasteiger partial charge is 0.322 e. The number of hydrogen-bond donors (Lipinski definition) is 1. The SMILES string of the molecule is Cc1nn(Cc2ccccc2)c(C)c1Nc1nc2sc3c(c2c(=O)n1C(C)C)CCCC3. The third-order valence-electron chi connectivity index (χ3n) is 6.33. The summed E-state index contributed by atoms with van der Waals surface area (Å²) in [4.78, 5) is 20.8. The van der Waals surface area contributed by atoms with E-state index in [0.717, 1.165) is 46.6 Å². The third kappa shape index (κ3) is 3.54. The number of hydrogen-bond acceptors (Lipinski definition) is 5. The molecule has 7 heteroatoms. The van der Waals surface area contributed by atoms with Crippen molar-refractivity contribution in [1.82, 2.24) is 19.3 Å². The highest BCUT2D eigenvalue weighted by Crippen LogP contribution is 2.35. The van der Waals surface area contributed by atoms with Crippen LogP contribution in [-0.4, -0.2) is 19.3 Å². The normalized spacial score (nSPS) is 13.7. The first-order chi connectivity index (χ1) is 15.4. The maximum atomic E-state index is 13.6. The van der Waals surface area contributed by atoms with E-state index in [1.165, 1.54) is 22.4 Å². The molecule has 166 valence electrons. The Bertz CT molecular complexity index is 1350. The number of aryl methyl sites for hydroxylation is 3. The van der Waals surface area contributed by atoms with Crippen molar-refractivity contribution in [3.05, 3.63) is 68.1 Å². The lowest BCUT2D eigenvalue weighted by Crippen LogP contribution is -2.26. The van der Waals surface area contributed by atoms with E-state index in [4.69, 9.17) is 10.1 Å². The lowest BCUT2D eigenvalue weighted by molar-refractivity contribution is 0.582. The van der Waals surface area contributed by atoms with Gasteiger partial charge in [-0.1, -0.05) is 30.3 Å². The monoisotopic (exact) mass is 447 g/mol. The summed E-state index contributed by atoms with van der Waals surface area (Å²) in [5.74, 6) is 0.599. The molecule has 32 heavy (non-hydrogen) atoms. The number of nitrogens with one attached hydrogen (secondary N) is 1. The minimum absolute atomic E-state index is 0.000941. The van der Waals surface area contributed by atoms with Crippen molar-refractivity contribution < 1.29 is 0 Å². The fraction of sp³-hybridized carbons (Fsp3) is 0.400. The Morgan fingerprint density at radius 3 is 2.62 bits per heavy atom. The molecule has 0 saturated carbocycles. The van der Waals surface area contributed by atoms with Crippen molar-refractivity contribution in [3.8, 4) is 0 Å². The Balaban J connectivity index is 1.58. The minimum atomic E-state index is 0.000941. The predicted molar refractivity (Wildman–Crippen MR) is 131 cm³/mol. The minimum Gasteiger partial charge on any atom is -0.322 e. The van der Waals surface area contributed by atoms with Crippen LogP contribution in [0.25, 0.3) is 10.2 Å². The average Bonchev–Trinajstić information content (AvgIpc) is 3.26. The number of rotatable bonds is 5. The van der Waals surface area contributed by atoms with Crippen LogP contribution in [0, 0.1) is 13.8 Å². The van der Waals surface area contributed by atoms with Gasteiger partial charge in [-0.3, -0.25) is 14.0 Å². The molecule has 1 aromatic carbocycles. The van der Waals surface area contributed by atoms with E-state index in [1.54, 1.807) is 15.9 Å². The van der Waals surface area contributed by atoms with Gasteiger partial charge in [0.15, 0.2) is 0 Å². The van der Waals surface area contributed by atoms with Crippen molar-refractivity contribution in [2.75, 3.05) is 5.32 Å². The summed E-state index contributed by atoms with van der Waals surface area (Å²) >= 11 is 1.69. The molecule has 3 aromatic heterocycles. The van der Waals surface area contributed by atoms with E-state index in [1.807, 2.05) is 43.7 Å². The quantitative estimate of drug-likeness (QED) is 0.437. The van der Waals surface area contributed by atoms with Crippen LogP contribution in [-0.2, 0) is 19.4 Å². The molecule has 0 radical (unpaired) electrons. The highest BCUT2D eigenvalue weighted by molar-refractivity contribution is 7.18. The zero-order chi connectivity index (χ0) is 22.4. The molecule has 0 bridgehead atoms. The standard InChI is InChI=1S/C25H29N5OS/c1-15(2)30-24(31)21-19-12-8-9-13-20(19)32-23(21)27-25(30)26-22-16(3)28-29(17(22)4)14-18-10-6-5-7-11-18/h5-7,10-11,15H,8-9,12-14H2,1-4H3,(H,26,27). The molecule has 1 aliphatic carbocycles. The van der Waals surface area contributed by atoms with Crippen molar-refractivity contribution in [2.24, 2.45) is 0 Å². The molecule has 6 nitrogen and oxygen atoms in total. The van der Waals surface area contributed by atoms with Gasteiger partial charge in [-0.05, 0) is 64.5 Å². The molecule has 0 saturated heterocycles. The van der Waals surface area contributed by atoms with Crippen LogP contribution in [0.1, 0.15) is 60.1 Å². The van der Waals surface area contributed by atoms with Crippen LogP contribution in [0.2, 0.25) is 0 Å². The summed E-state index contributed by atoms with van der Waals surface area (Å²) in [7, 11) is 0. The molecule has 0 atom stereocenters. The highest BCUT2D eigenvalue weighted by Gasteiger charge is 2.24. The second kappa shape index (κ2) is 8.20. The first-order valence-electron chi connectivity index (χ1n) is 11.4. The summed E-state index contributed by atoms with van der Waals surface area (Å²) in [6, 6.07) is 10.3. The molecule has 5 rings (SSSR count). The van der Waals surface area contributed by atoms with Crippen LogP contribution < -0.4 is 10.9 Å². The lowest BCUT2D eigenvalue weighted by atomic mass is 9.97. The second-order valence-electron chi connectivity index (χ2n) is 8.91. The van der Waals surface area contributed by atoms with Gasteiger partial charge in [-0.2, -0.15) is 5.10 Å². The third-order valence-corrected chi connectivity index (χ3v) is 7.52. The molecule has 0 unspecified atom stereocenters. The Morgan fingerprint density at radius 2 is 1.88 bits per heavy atom. The molecule has 0 fully saturated rings. The van der Waals surface area contributed by atoms with Gasteiger partial charge in [-0.15, -0.1) is 11.3 Å². The van der Waals surface area contributed by atoms with Crippen LogP contribution in [0.15, 0.2) is 35.1 Å². The van der Waals surface area contributed by atoms with Crippen LogP contribution in [0.4, 0.5) is 11.6 Å². The fourth-order valence-electron chi connectivity index (χ4n) is 4.68. The zero-order valence-corrected chi connectivity index (χ0v) is 19.9. The lowest BCUT2D eigenvalue weighted by Gasteiger charge is -2.17. The Hall–Kier alpha value is -2.93. The van der Waals surface area contributed by atoms with E-state index in [9.17, 15) is 4.79 Å². The highest BCUT2D eigenvalue weighted by atomic mass is 32.1. The van der Waals surface area contributed by atoms with E-state index in [-0.39, 0.29) is 11.6 Å². The summed E-state index contributed by atoms with van der Waals surface area (Å²) in [5, 5.41) is 9.07. The molecule has 3 heterocycles. The Morgan fingerprint density at radius 1 is 1.12 bits per heavy atom. The zero-order valence-electron chi connectivity index (χ0n) is 19.1. The van der Waals surface area contributed by atoms with Crippen molar-refractivity contribution in [2.45, 2.75) is 66.0 Å². The first kappa shape index (κ1) is 20.9. The van der Waals surface area contributed by atoms with E-state index in [0.29, 0.717) is 12.5 Å². The van der Waals surface area contributed by atoms with Gasteiger partial charge in [0.25, 0.3) is 5.56 Å². The number of benzene rings is 1. The van der Waals surface area contributed by atoms with Crippen molar-refractivity contribution >= 4 is 33.2 Å². The number of fused-ring (bicyclic) bond motifs is 3. The van der Waals surface area contributed by atoms with Crippen LogP contribution in [0.3, 0.4) is 0 Å². The second-order valence-corrected chi connectivity index (χ2v) is 9.99. The molecule has 1 aliphatic rings. The van der Waals surface area contributed by atoms with Crippen LogP contribution in [0.5, 0.6) is 0 Å². The summed E-state index contributed by atoms with van der Waals surface area (Å²) < 4.78 is 3.81. The maximum Gasteiger partial charge on any atom is 0.264 e. The first-order valence-corrected chi connectivity index (χ1v) is 12.2. The van der Waals surface area contributed by atoms with Gasteiger partial charge in [0.05, 0.1) is 29.0 Å². The predicted octanol–water partition coefficient (Wildman–Crippen LogP) is 5.52. The van der Waals surface area contributed by atoms with E-state index >= 15 is 0 Å². The number of nitrogens with zero attached hydrogens (tertiary/aromatic N) is 4. The number of thiophene rings is 1. The average molecular weight is 448 g/mol. The summed E-state index contributed by atoms with van der Waals surface area (Å²) in [5.41, 5.74) is 5.35. The van der Waals surface area contributed by atoms with Gasteiger partial charge in [0.2, 0.25) is 5.95 Å². The summed E-state index contributed by atoms with van der Waals surface area (Å²) in [6.07, 6.45) is 4.40. The van der Waals surface area contributed by atoms with E-state index < -0.39 is 0 Å². The van der Waals surface area contributed by atoms with Crippen LogP contribution >= 0.6 is 11.3 Å². The molecular formula is C25H29N5OS. The maximum absolute atomic E-state index is 13.6. The number of anilines is 2. The van der Waals surface area contributed by atoms with Gasteiger partial charge in [0.1, 0.15) is 4.83 Å². The topological polar surface area (TPSA) is 64.7 Å². The van der Waals surface area contributed by atoms with E-state index in [2.05, 4.69) is 24.4 Å². The molecule has 4 aromatic rings. The summed E-state index contributed by atoms with van der Waals surface area (Å²) in [6.45, 7) is 8.84. The van der Waals surface area contributed by atoms with Gasteiger partial charge >= 0.3 is 0 Å². The van der Waals surface area contributed by atoms with Gasteiger partial charge in [0, 0.05) is 10.9 Å². The molecule has 0 spiro atoms. The fourth-order valence-corrected chi connectivity index (χ4v) is 5.94. The van der Waals surface area contributed by atoms with Crippen molar-refractivity contribution in [1.29, 1.82) is 0 Å². The number of aromatic nitrogens is 4. The molecule has 1 N–H and O–H groups in total. The molecule has 0 amide bonds. The Kier molecular flexibility index (Phi) is 5.37. The molecule has 0 aliphatic heterocycles.